The number of aromatic hydroxyl groups is 1. The molecule has 1 aliphatic rings. The number of aromatic nitrogens is 2. The second kappa shape index (κ2) is 7.53. The van der Waals surface area contributed by atoms with E-state index in [9.17, 15) is 9.90 Å². The van der Waals surface area contributed by atoms with Gasteiger partial charge in [-0.05, 0) is 24.3 Å². The van der Waals surface area contributed by atoms with Gasteiger partial charge in [0.15, 0.2) is 5.76 Å². The van der Waals surface area contributed by atoms with E-state index in [2.05, 4.69) is 15.0 Å². The largest absolute Gasteiger partial charge is 0.506 e. The van der Waals surface area contributed by atoms with Crippen LogP contribution in [0.2, 0.25) is 0 Å². The van der Waals surface area contributed by atoms with E-state index >= 15 is 0 Å². The summed E-state index contributed by atoms with van der Waals surface area (Å²) < 4.78 is 10.4. The Kier molecular flexibility index (Phi) is 4.78. The Hall–Kier alpha value is -3.29. The lowest BCUT2D eigenvalue weighted by atomic mass is 10.2. The average Bonchev–Trinajstić information content (AvgIpc) is 3.38. The van der Waals surface area contributed by atoms with Gasteiger partial charge in [0.2, 0.25) is 17.6 Å². The Morgan fingerprint density at radius 1 is 1.11 bits per heavy atom. The van der Waals surface area contributed by atoms with Gasteiger partial charge in [-0.15, -0.1) is 0 Å². The Balaban J connectivity index is 1.28. The minimum atomic E-state index is 0.0599. The summed E-state index contributed by atoms with van der Waals surface area (Å²) >= 11 is 0. The topological polar surface area (TPSA) is 95.8 Å². The number of carbonyl (C=O) groups is 1. The Morgan fingerprint density at radius 2 is 1.93 bits per heavy atom. The van der Waals surface area contributed by atoms with E-state index in [1.165, 1.54) is 0 Å². The van der Waals surface area contributed by atoms with Gasteiger partial charge in [0.1, 0.15) is 5.75 Å². The molecule has 0 aliphatic carbocycles. The summed E-state index contributed by atoms with van der Waals surface area (Å²) in [7, 11) is 0. The monoisotopic (exact) mass is 368 g/mol. The van der Waals surface area contributed by atoms with E-state index in [1.54, 1.807) is 30.5 Å². The standard InChI is InChI=1S/C19H20N4O4/c24-15-5-2-1-4-14(15)22-9-11-23(12-10-22)18(25)8-7-17-20-19(21-27-17)16-6-3-13-26-16/h1-6,13,24H,7-12H2. The first-order valence-corrected chi connectivity index (χ1v) is 8.88. The molecule has 0 unspecified atom stereocenters. The number of aryl methyl sites for hydroxylation is 1. The lowest BCUT2D eigenvalue weighted by Gasteiger charge is -2.36. The van der Waals surface area contributed by atoms with Crippen molar-refractivity contribution in [2.24, 2.45) is 0 Å². The van der Waals surface area contributed by atoms with Crippen molar-refractivity contribution >= 4 is 11.6 Å². The summed E-state index contributed by atoms with van der Waals surface area (Å²) in [5.74, 6) is 1.67. The molecule has 1 N–H and O–H groups in total. The van der Waals surface area contributed by atoms with E-state index < -0.39 is 0 Å². The van der Waals surface area contributed by atoms with Crippen molar-refractivity contribution in [1.29, 1.82) is 0 Å². The SMILES string of the molecule is O=C(CCc1nc(-c2ccco2)no1)N1CCN(c2ccccc2O)CC1. The van der Waals surface area contributed by atoms with Gasteiger partial charge in [0, 0.05) is 39.0 Å². The van der Waals surface area contributed by atoms with E-state index in [0.717, 1.165) is 5.69 Å². The average molecular weight is 368 g/mol. The fourth-order valence-electron chi connectivity index (χ4n) is 3.16. The summed E-state index contributed by atoms with van der Waals surface area (Å²) in [6, 6.07) is 10.8. The highest BCUT2D eigenvalue weighted by atomic mass is 16.5. The van der Waals surface area contributed by atoms with Crippen LogP contribution in [0.4, 0.5) is 5.69 Å². The van der Waals surface area contributed by atoms with Crippen LogP contribution in [0.1, 0.15) is 12.3 Å². The number of hydrogen-bond donors (Lipinski definition) is 1. The molecule has 1 aromatic carbocycles. The quantitative estimate of drug-likeness (QED) is 0.738. The molecule has 2 aromatic heterocycles. The van der Waals surface area contributed by atoms with Gasteiger partial charge >= 0.3 is 0 Å². The third-order valence-electron chi connectivity index (χ3n) is 4.62. The summed E-state index contributed by atoms with van der Waals surface area (Å²) in [6.07, 6.45) is 2.26. The second-order valence-electron chi connectivity index (χ2n) is 6.35. The van der Waals surface area contributed by atoms with E-state index in [4.69, 9.17) is 8.94 Å². The Labute approximate surface area is 156 Å². The number of furan rings is 1. The highest BCUT2D eigenvalue weighted by Crippen LogP contribution is 2.27. The van der Waals surface area contributed by atoms with E-state index in [-0.39, 0.29) is 11.7 Å². The van der Waals surface area contributed by atoms with Gasteiger partial charge in [-0.3, -0.25) is 4.79 Å². The van der Waals surface area contributed by atoms with Crippen molar-refractivity contribution < 1.29 is 18.8 Å². The van der Waals surface area contributed by atoms with Gasteiger partial charge < -0.3 is 23.8 Å². The first kappa shape index (κ1) is 17.1. The molecule has 3 aromatic rings. The lowest BCUT2D eigenvalue weighted by Crippen LogP contribution is -2.48. The van der Waals surface area contributed by atoms with Crippen LogP contribution >= 0.6 is 0 Å². The molecule has 3 heterocycles. The summed E-state index contributed by atoms with van der Waals surface area (Å²) in [5, 5.41) is 13.8. The maximum atomic E-state index is 12.5. The highest BCUT2D eigenvalue weighted by Gasteiger charge is 2.23. The molecular formula is C19H20N4O4. The first-order valence-electron chi connectivity index (χ1n) is 8.88. The number of piperazine rings is 1. The zero-order valence-corrected chi connectivity index (χ0v) is 14.7. The van der Waals surface area contributed by atoms with Crippen LogP contribution in [-0.4, -0.2) is 52.2 Å². The van der Waals surface area contributed by atoms with Crippen molar-refractivity contribution in [3.8, 4) is 17.3 Å². The smallest absolute Gasteiger partial charge is 0.238 e. The molecule has 8 heteroatoms. The Morgan fingerprint density at radius 3 is 2.67 bits per heavy atom. The van der Waals surface area contributed by atoms with Crippen LogP contribution < -0.4 is 4.90 Å². The zero-order chi connectivity index (χ0) is 18.6. The molecular weight excluding hydrogens is 348 g/mol. The van der Waals surface area contributed by atoms with Gasteiger partial charge in [-0.2, -0.15) is 4.98 Å². The number of amides is 1. The maximum absolute atomic E-state index is 12.5. The molecule has 0 saturated carbocycles. The second-order valence-corrected chi connectivity index (χ2v) is 6.35. The third-order valence-corrected chi connectivity index (χ3v) is 4.62. The highest BCUT2D eigenvalue weighted by molar-refractivity contribution is 5.76. The number of hydrogen-bond acceptors (Lipinski definition) is 7. The minimum Gasteiger partial charge on any atom is -0.506 e. The molecule has 0 radical (unpaired) electrons. The number of benzene rings is 1. The summed E-state index contributed by atoms with van der Waals surface area (Å²) in [6.45, 7) is 2.61. The fourth-order valence-corrected chi connectivity index (χ4v) is 3.16. The van der Waals surface area contributed by atoms with Gasteiger partial charge in [0.25, 0.3) is 0 Å². The number of nitrogens with zero attached hydrogens (tertiary/aromatic N) is 4. The predicted molar refractivity (Wildman–Crippen MR) is 97.2 cm³/mol. The summed E-state index contributed by atoms with van der Waals surface area (Å²) in [5.41, 5.74) is 0.806. The maximum Gasteiger partial charge on any atom is 0.238 e. The third kappa shape index (κ3) is 3.79. The molecule has 27 heavy (non-hydrogen) atoms. The van der Waals surface area contributed by atoms with Gasteiger partial charge in [-0.25, -0.2) is 0 Å². The van der Waals surface area contributed by atoms with Crippen LogP contribution in [0.3, 0.4) is 0 Å². The Bertz CT molecular complexity index is 898. The number of phenolic OH excluding ortho intramolecular Hbond substituents is 1. The minimum absolute atomic E-state index is 0.0599. The number of rotatable bonds is 5. The fraction of sp³-hybridized carbons (Fsp3) is 0.316. The molecule has 1 fully saturated rings. The molecule has 0 bridgehead atoms. The van der Waals surface area contributed by atoms with Crippen molar-refractivity contribution in [2.45, 2.75) is 12.8 Å². The van der Waals surface area contributed by atoms with Gasteiger partial charge in [-0.1, -0.05) is 17.3 Å². The van der Waals surface area contributed by atoms with Crippen molar-refractivity contribution in [2.75, 3.05) is 31.1 Å². The predicted octanol–water partition coefficient (Wildman–Crippen LogP) is 2.32. The van der Waals surface area contributed by atoms with Crippen molar-refractivity contribution in [3.63, 3.8) is 0 Å². The van der Waals surface area contributed by atoms with Crippen molar-refractivity contribution in [3.05, 3.63) is 48.6 Å². The van der Waals surface area contributed by atoms with E-state index in [0.29, 0.717) is 56.5 Å². The normalized spacial score (nSPS) is 14.5. The molecule has 4 rings (SSSR count). The van der Waals surface area contributed by atoms with Crippen LogP contribution in [0, 0.1) is 0 Å². The number of phenols is 1. The molecule has 0 atom stereocenters. The van der Waals surface area contributed by atoms with Gasteiger partial charge in [0.05, 0.1) is 12.0 Å². The molecule has 140 valence electrons. The number of anilines is 1. The number of carbonyl (C=O) groups excluding carboxylic acids is 1. The molecule has 1 aliphatic heterocycles. The summed E-state index contributed by atoms with van der Waals surface area (Å²) in [4.78, 5) is 20.6. The van der Waals surface area contributed by atoms with E-state index in [1.807, 2.05) is 17.0 Å². The number of para-hydroxylation sites is 2. The first-order chi connectivity index (χ1) is 13.2. The van der Waals surface area contributed by atoms with Crippen LogP contribution in [0.15, 0.2) is 51.6 Å². The van der Waals surface area contributed by atoms with Crippen LogP contribution in [0.25, 0.3) is 11.6 Å². The molecule has 1 saturated heterocycles. The van der Waals surface area contributed by atoms with Crippen molar-refractivity contribution in [1.82, 2.24) is 15.0 Å². The lowest BCUT2D eigenvalue weighted by molar-refractivity contribution is -0.131. The van der Waals surface area contributed by atoms with Crippen LogP contribution in [0.5, 0.6) is 5.75 Å². The zero-order valence-electron chi connectivity index (χ0n) is 14.7. The molecule has 0 spiro atoms. The molecule has 1 amide bonds. The molecule has 8 nitrogen and oxygen atoms in total. The van der Waals surface area contributed by atoms with Crippen LogP contribution in [-0.2, 0) is 11.2 Å².